The zero-order valence-corrected chi connectivity index (χ0v) is 17.5. The van der Waals surface area contributed by atoms with Gasteiger partial charge >= 0.3 is 6.09 Å². The van der Waals surface area contributed by atoms with Gasteiger partial charge in [-0.1, -0.05) is 6.07 Å². The van der Waals surface area contributed by atoms with Crippen LogP contribution in [0.5, 0.6) is 11.5 Å². The Kier molecular flexibility index (Phi) is 6.86. The lowest BCUT2D eigenvalue weighted by Crippen LogP contribution is -2.35. The van der Waals surface area contributed by atoms with Gasteiger partial charge in [0, 0.05) is 13.6 Å². The maximum Gasteiger partial charge on any atom is 0.410 e. The topological polar surface area (TPSA) is 38.8 Å². The first-order chi connectivity index (χ1) is 12.1. The van der Waals surface area contributed by atoms with Crippen LogP contribution in [-0.4, -0.2) is 30.2 Å². The lowest BCUT2D eigenvalue weighted by molar-refractivity contribution is 0.0301. The minimum absolute atomic E-state index is 0.295. The van der Waals surface area contributed by atoms with Crippen LogP contribution in [0, 0.1) is 9.39 Å². The summed E-state index contributed by atoms with van der Waals surface area (Å²) in [4.78, 5) is 13.6. The van der Waals surface area contributed by atoms with Gasteiger partial charge in [0.05, 0.1) is 3.57 Å². The lowest BCUT2D eigenvalue weighted by atomic mass is 10.1. The Labute approximate surface area is 167 Å². The molecule has 6 heteroatoms. The maximum absolute atomic E-state index is 13.0. The Morgan fingerprint density at radius 2 is 1.81 bits per heavy atom. The van der Waals surface area contributed by atoms with Crippen molar-refractivity contribution in [3.8, 4) is 11.5 Å². The molecule has 2 aromatic carbocycles. The van der Waals surface area contributed by atoms with Crippen molar-refractivity contribution in [1.29, 1.82) is 0 Å². The fraction of sp³-hybridized carbons (Fsp3) is 0.350. The number of carbonyl (C=O) groups is 1. The van der Waals surface area contributed by atoms with Crippen molar-refractivity contribution < 1.29 is 18.7 Å². The molecule has 140 valence electrons. The van der Waals surface area contributed by atoms with Crippen LogP contribution in [0.1, 0.15) is 26.3 Å². The third kappa shape index (κ3) is 6.48. The molecule has 0 saturated carbocycles. The molecule has 1 amide bonds. The Balaban J connectivity index is 1.94. The van der Waals surface area contributed by atoms with Crippen molar-refractivity contribution in [1.82, 2.24) is 4.90 Å². The number of amides is 1. The van der Waals surface area contributed by atoms with E-state index in [0.717, 1.165) is 9.13 Å². The number of ether oxygens (including phenoxy) is 2. The highest BCUT2D eigenvalue weighted by atomic mass is 127. The number of halogens is 2. The molecule has 0 spiro atoms. The van der Waals surface area contributed by atoms with Crippen molar-refractivity contribution in [3.05, 3.63) is 57.4 Å². The molecule has 0 N–H and O–H groups in total. The van der Waals surface area contributed by atoms with Gasteiger partial charge in [-0.2, -0.15) is 0 Å². The summed E-state index contributed by atoms with van der Waals surface area (Å²) in [5, 5.41) is 0. The van der Waals surface area contributed by atoms with Gasteiger partial charge in [0.1, 0.15) is 22.9 Å². The van der Waals surface area contributed by atoms with Gasteiger partial charge in [0.15, 0.2) is 0 Å². The number of likely N-dealkylation sites (N-methyl/N-ethyl adjacent to an activating group) is 1. The molecular formula is C20H23FINO3. The molecule has 0 aliphatic rings. The molecule has 2 aromatic rings. The quantitative estimate of drug-likeness (QED) is 0.531. The van der Waals surface area contributed by atoms with E-state index < -0.39 is 5.60 Å². The monoisotopic (exact) mass is 471 g/mol. The summed E-state index contributed by atoms with van der Waals surface area (Å²) in [6, 6.07) is 11.8. The molecular weight excluding hydrogens is 448 g/mol. The highest BCUT2D eigenvalue weighted by molar-refractivity contribution is 14.1. The Morgan fingerprint density at radius 3 is 2.38 bits per heavy atom. The van der Waals surface area contributed by atoms with E-state index in [2.05, 4.69) is 22.6 Å². The van der Waals surface area contributed by atoms with Crippen LogP contribution in [0.25, 0.3) is 0 Å². The van der Waals surface area contributed by atoms with Gasteiger partial charge in [-0.3, -0.25) is 0 Å². The lowest BCUT2D eigenvalue weighted by Gasteiger charge is -2.24. The van der Waals surface area contributed by atoms with Gasteiger partial charge in [-0.25, -0.2) is 9.18 Å². The van der Waals surface area contributed by atoms with Crippen LogP contribution in [0.4, 0.5) is 9.18 Å². The summed E-state index contributed by atoms with van der Waals surface area (Å²) in [5.74, 6) is 1.000. The van der Waals surface area contributed by atoms with Gasteiger partial charge in [0.25, 0.3) is 0 Å². The van der Waals surface area contributed by atoms with Crippen molar-refractivity contribution in [3.63, 3.8) is 0 Å². The predicted molar refractivity (Wildman–Crippen MR) is 108 cm³/mol. The molecule has 0 fully saturated rings. The molecule has 0 saturated heterocycles. The van der Waals surface area contributed by atoms with E-state index >= 15 is 0 Å². The highest BCUT2D eigenvalue weighted by Gasteiger charge is 2.19. The van der Waals surface area contributed by atoms with E-state index in [4.69, 9.17) is 9.47 Å². The zero-order valence-electron chi connectivity index (χ0n) is 15.4. The van der Waals surface area contributed by atoms with E-state index in [-0.39, 0.29) is 11.9 Å². The number of rotatable bonds is 5. The average Bonchev–Trinajstić information content (AvgIpc) is 2.55. The molecule has 0 atom stereocenters. The van der Waals surface area contributed by atoms with Crippen molar-refractivity contribution in [2.24, 2.45) is 0 Å². The first-order valence-electron chi connectivity index (χ1n) is 8.30. The van der Waals surface area contributed by atoms with Crippen molar-refractivity contribution in [2.45, 2.75) is 32.8 Å². The molecule has 2 rings (SSSR count). The fourth-order valence-electron chi connectivity index (χ4n) is 2.14. The van der Waals surface area contributed by atoms with E-state index in [0.29, 0.717) is 24.5 Å². The molecule has 0 radical (unpaired) electrons. The van der Waals surface area contributed by atoms with Crippen LogP contribution >= 0.6 is 22.6 Å². The summed E-state index contributed by atoms with van der Waals surface area (Å²) >= 11 is 2.20. The molecule has 0 unspecified atom stereocenters. The number of benzene rings is 2. The largest absolute Gasteiger partial charge is 0.456 e. The number of carbonyl (C=O) groups excluding carboxylic acids is 1. The zero-order chi connectivity index (χ0) is 19.3. The SMILES string of the molecule is CN(CCc1ccc(Oc2ccc(F)cc2)c(I)c1)C(=O)OC(C)(C)C. The molecule has 0 aliphatic carbocycles. The van der Waals surface area contributed by atoms with E-state index in [1.165, 1.54) is 12.1 Å². The van der Waals surface area contributed by atoms with Crippen LogP contribution in [-0.2, 0) is 11.2 Å². The first kappa shape index (κ1) is 20.5. The second-order valence-electron chi connectivity index (χ2n) is 6.97. The molecule has 0 aromatic heterocycles. The predicted octanol–water partition coefficient (Wildman–Crippen LogP) is 5.63. The number of nitrogens with zero attached hydrogens (tertiary/aromatic N) is 1. The van der Waals surface area contributed by atoms with Crippen LogP contribution in [0.15, 0.2) is 42.5 Å². The number of hydrogen-bond donors (Lipinski definition) is 0. The van der Waals surface area contributed by atoms with Crippen LogP contribution in [0.2, 0.25) is 0 Å². The van der Waals surface area contributed by atoms with E-state index in [9.17, 15) is 9.18 Å². The number of hydrogen-bond acceptors (Lipinski definition) is 3. The normalized spacial score (nSPS) is 11.2. The summed E-state index contributed by atoms with van der Waals surface area (Å²) in [6.07, 6.45) is 0.381. The second-order valence-corrected chi connectivity index (χ2v) is 8.13. The first-order valence-corrected chi connectivity index (χ1v) is 9.38. The van der Waals surface area contributed by atoms with Gasteiger partial charge in [-0.05, 0) is 91.7 Å². The van der Waals surface area contributed by atoms with Crippen molar-refractivity contribution in [2.75, 3.05) is 13.6 Å². The standard InChI is InChI=1S/C20H23FINO3/c1-20(2,3)26-19(24)23(4)12-11-14-5-10-18(17(22)13-14)25-16-8-6-15(21)7-9-16/h5-10,13H,11-12H2,1-4H3. The van der Waals surface area contributed by atoms with Crippen LogP contribution in [0.3, 0.4) is 0 Å². The van der Waals surface area contributed by atoms with Crippen molar-refractivity contribution >= 4 is 28.7 Å². The third-order valence-corrected chi connectivity index (χ3v) is 4.32. The highest BCUT2D eigenvalue weighted by Crippen LogP contribution is 2.28. The minimum atomic E-state index is -0.500. The Bertz CT molecular complexity index is 757. The average molecular weight is 471 g/mol. The Hall–Kier alpha value is -1.83. The van der Waals surface area contributed by atoms with Gasteiger partial charge < -0.3 is 14.4 Å². The summed E-state index contributed by atoms with van der Waals surface area (Å²) < 4.78 is 25.0. The smallest absolute Gasteiger partial charge is 0.410 e. The third-order valence-electron chi connectivity index (χ3n) is 3.48. The molecule has 26 heavy (non-hydrogen) atoms. The minimum Gasteiger partial charge on any atom is -0.456 e. The second kappa shape index (κ2) is 8.70. The summed E-state index contributed by atoms with van der Waals surface area (Å²) in [6.45, 7) is 6.10. The molecule has 0 aliphatic heterocycles. The summed E-state index contributed by atoms with van der Waals surface area (Å²) in [7, 11) is 1.73. The molecule has 0 bridgehead atoms. The van der Waals surface area contributed by atoms with E-state index in [1.54, 1.807) is 24.1 Å². The summed E-state index contributed by atoms with van der Waals surface area (Å²) in [5.41, 5.74) is 0.594. The molecule has 0 heterocycles. The van der Waals surface area contributed by atoms with Gasteiger partial charge in [0.2, 0.25) is 0 Å². The van der Waals surface area contributed by atoms with E-state index in [1.807, 2.05) is 39.0 Å². The van der Waals surface area contributed by atoms with Gasteiger partial charge in [-0.15, -0.1) is 0 Å². The maximum atomic E-state index is 13.0. The van der Waals surface area contributed by atoms with Crippen LogP contribution < -0.4 is 4.74 Å². The molecule has 4 nitrogen and oxygen atoms in total. The fourth-order valence-corrected chi connectivity index (χ4v) is 2.83. The Morgan fingerprint density at radius 1 is 1.15 bits per heavy atom.